The third-order valence-corrected chi connectivity index (χ3v) is 5.10. The third-order valence-electron chi connectivity index (χ3n) is 5.10. The minimum absolute atomic E-state index is 0.0839. The predicted molar refractivity (Wildman–Crippen MR) is 112 cm³/mol. The lowest BCUT2D eigenvalue weighted by Gasteiger charge is -2.22. The minimum atomic E-state index is -0.162. The lowest BCUT2D eigenvalue weighted by Crippen LogP contribution is -2.38. The maximum atomic E-state index is 12.8. The van der Waals surface area contributed by atoms with Crippen molar-refractivity contribution in [3.8, 4) is 0 Å². The molecule has 0 radical (unpaired) electrons. The molecule has 4 heteroatoms. The maximum Gasteiger partial charge on any atom is 0.227 e. The summed E-state index contributed by atoms with van der Waals surface area (Å²) >= 11 is 0. The van der Waals surface area contributed by atoms with Crippen molar-refractivity contribution in [3.05, 3.63) is 96.1 Å². The maximum absolute atomic E-state index is 12.8. The van der Waals surface area contributed by atoms with Gasteiger partial charge < -0.3 is 5.32 Å². The van der Waals surface area contributed by atoms with E-state index in [1.54, 1.807) is 0 Å². The van der Waals surface area contributed by atoms with E-state index >= 15 is 0 Å². The summed E-state index contributed by atoms with van der Waals surface area (Å²) in [7, 11) is 0. The quantitative estimate of drug-likeness (QED) is 0.607. The van der Waals surface area contributed by atoms with Gasteiger partial charge in [0.25, 0.3) is 0 Å². The third kappa shape index (κ3) is 6.02. The Morgan fingerprint density at radius 2 is 1.32 bits per heavy atom. The molecule has 3 aromatic rings. The predicted octanol–water partition coefficient (Wildman–Crippen LogP) is 4.33. The molecule has 28 heavy (non-hydrogen) atoms. The van der Waals surface area contributed by atoms with Gasteiger partial charge in [0.05, 0.1) is 5.92 Å². The van der Waals surface area contributed by atoms with E-state index in [4.69, 9.17) is 0 Å². The molecule has 0 aliphatic rings. The van der Waals surface area contributed by atoms with Crippen molar-refractivity contribution < 1.29 is 4.79 Å². The summed E-state index contributed by atoms with van der Waals surface area (Å²) in [6.45, 7) is 1.97. The van der Waals surface area contributed by atoms with E-state index in [0.29, 0.717) is 0 Å². The molecule has 4 nitrogen and oxygen atoms in total. The van der Waals surface area contributed by atoms with Gasteiger partial charge in [0.15, 0.2) is 0 Å². The molecule has 0 aliphatic carbocycles. The van der Waals surface area contributed by atoms with Crippen LogP contribution in [0.5, 0.6) is 0 Å². The van der Waals surface area contributed by atoms with Crippen LogP contribution in [0.4, 0.5) is 0 Å². The molecule has 0 fully saturated rings. The van der Waals surface area contributed by atoms with Gasteiger partial charge >= 0.3 is 0 Å². The summed E-state index contributed by atoms with van der Waals surface area (Å²) < 4.78 is 0. The highest BCUT2D eigenvalue weighted by Crippen LogP contribution is 2.17. The van der Waals surface area contributed by atoms with Gasteiger partial charge in [-0.15, -0.1) is 0 Å². The zero-order valence-electron chi connectivity index (χ0n) is 16.3. The average molecular weight is 374 g/mol. The van der Waals surface area contributed by atoms with Crippen LogP contribution < -0.4 is 5.32 Å². The van der Waals surface area contributed by atoms with Gasteiger partial charge in [-0.05, 0) is 73.6 Å². The van der Waals surface area contributed by atoms with Gasteiger partial charge in [-0.25, -0.2) is 0 Å². The van der Waals surface area contributed by atoms with Crippen LogP contribution in [0.3, 0.4) is 0 Å². The van der Waals surface area contributed by atoms with Crippen LogP contribution in [0.2, 0.25) is 0 Å². The number of carbonyl (C=O) groups is 1. The van der Waals surface area contributed by atoms with Crippen LogP contribution in [-0.2, 0) is 17.6 Å². The van der Waals surface area contributed by atoms with E-state index in [1.807, 2.05) is 86.3 Å². The molecule has 0 spiro atoms. The van der Waals surface area contributed by atoms with E-state index in [2.05, 4.69) is 15.3 Å². The molecule has 2 aromatic heterocycles. The Hall–Kier alpha value is -3.01. The van der Waals surface area contributed by atoms with Crippen LogP contribution in [0.1, 0.15) is 42.4 Å². The second-order valence-electron chi connectivity index (χ2n) is 7.13. The number of carbonyl (C=O) groups excluding carboxylic acids is 1. The number of benzene rings is 1. The number of hydrogen-bond donors (Lipinski definition) is 1. The highest BCUT2D eigenvalue weighted by atomic mass is 16.1. The fourth-order valence-electron chi connectivity index (χ4n) is 3.29. The van der Waals surface area contributed by atoms with Crippen LogP contribution in [0.15, 0.2) is 79.4 Å². The molecular formula is C24H27N3O. The summed E-state index contributed by atoms with van der Waals surface area (Å²) in [5, 5.41) is 3.29. The molecule has 0 aliphatic heterocycles. The van der Waals surface area contributed by atoms with Crippen molar-refractivity contribution in [3.63, 3.8) is 0 Å². The molecule has 0 bridgehead atoms. The van der Waals surface area contributed by atoms with E-state index < -0.39 is 0 Å². The topological polar surface area (TPSA) is 54.9 Å². The van der Waals surface area contributed by atoms with Crippen molar-refractivity contribution in [1.29, 1.82) is 0 Å². The van der Waals surface area contributed by atoms with Crippen molar-refractivity contribution in [1.82, 2.24) is 15.3 Å². The highest BCUT2D eigenvalue weighted by Gasteiger charge is 2.19. The van der Waals surface area contributed by atoms with Crippen molar-refractivity contribution >= 4 is 5.91 Å². The van der Waals surface area contributed by atoms with Crippen LogP contribution in [0.25, 0.3) is 0 Å². The van der Waals surface area contributed by atoms with Gasteiger partial charge in [-0.3, -0.25) is 14.8 Å². The molecule has 0 saturated carbocycles. The summed E-state index contributed by atoms with van der Waals surface area (Å²) in [5.41, 5.74) is 3.53. The normalized spacial score (nSPS) is 11.9. The Labute approximate surface area is 167 Å². The minimum Gasteiger partial charge on any atom is -0.353 e. The van der Waals surface area contributed by atoms with Crippen molar-refractivity contribution in [2.45, 2.75) is 44.6 Å². The Morgan fingerprint density at radius 1 is 0.821 bits per heavy atom. The molecule has 1 amide bonds. The lowest BCUT2D eigenvalue weighted by atomic mass is 9.97. The lowest BCUT2D eigenvalue weighted by molar-refractivity contribution is -0.123. The van der Waals surface area contributed by atoms with Crippen molar-refractivity contribution in [2.24, 2.45) is 0 Å². The Balaban J connectivity index is 1.63. The highest BCUT2D eigenvalue weighted by molar-refractivity contribution is 5.83. The molecule has 1 aromatic carbocycles. The monoisotopic (exact) mass is 373 g/mol. The largest absolute Gasteiger partial charge is 0.353 e. The molecular weight excluding hydrogens is 346 g/mol. The van der Waals surface area contributed by atoms with E-state index in [-0.39, 0.29) is 17.9 Å². The molecule has 1 N–H and O–H groups in total. The zero-order chi connectivity index (χ0) is 19.6. The molecule has 1 unspecified atom stereocenters. The fourth-order valence-corrected chi connectivity index (χ4v) is 3.29. The van der Waals surface area contributed by atoms with Gasteiger partial charge in [-0.1, -0.05) is 30.3 Å². The number of amides is 1. The van der Waals surface area contributed by atoms with E-state index in [1.165, 1.54) is 11.1 Å². The second kappa shape index (κ2) is 10.4. The standard InChI is InChI=1S/C24H27N3O/c1-19(22-5-3-2-4-6-22)24(28)27-23(9-7-20-11-15-25-16-12-20)10-8-21-13-17-26-18-14-21/h2-6,11-19,23H,7-10H2,1H3,(H,27,28). The molecule has 3 rings (SSSR count). The number of hydrogen-bond acceptors (Lipinski definition) is 3. The summed E-state index contributed by atoms with van der Waals surface area (Å²) in [6, 6.07) is 18.2. The molecule has 1 atom stereocenters. The number of rotatable bonds is 9. The number of nitrogens with zero attached hydrogens (tertiary/aromatic N) is 2. The van der Waals surface area contributed by atoms with Gasteiger partial charge in [-0.2, -0.15) is 0 Å². The number of aromatic nitrogens is 2. The summed E-state index contributed by atoms with van der Waals surface area (Å²) in [4.78, 5) is 21.0. The fraction of sp³-hybridized carbons (Fsp3) is 0.292. The van der Waals surface area contributed by atoms with Crippen LogP contribution in [-0.4, -0.2) is 21.9 Å². The SMILES string of the molecule is CC(C(=O)NC(CCc1ccncc1)CCc1ccncc1)c1ccccc1. The Bertz CT molecular complexity index is 794. The van der Waals surface area contributed by atoms with Gasteiger partial charge in [0, 0.05) is 30.8 Å². The van der Waals surface area contributed by atoms with Crippen LogP contribution >= 0.6 is 0 Å². The Morgan fingerprint density at radius 3 is 1.82 bits per heavy atom. The first-order chi connectivity index (χ1) is 13.7. The summed E-state index contributed by atoms with van der Waals surface area (Å²) in [5.74, 6) is -0.0776. The number of nitrogens with one attached hydrogen (secondary N) is 1. The van der Waals surface area contributed by atoms with Crippen LogP contribution in [0, 0.1) is 0 Å². The average Bonchev–Trinajstić information content (AvgIpc) is 2.77. The first-order valence-electron chi connectivity index (χ1n) is 9.85. The zero-order valence-corrected chi connectivity index (χ0v) is 16.3. The summed E-state index contributed by atoms with van der Waals surface area (Å²) in [6.07, 6.45) is 10.9. The molecule has 2 heterocycles. The van der Waals surface area contributed by atoms with Gasteiger partial charge in [0.2, 0.25) is 5.91 Å². The van der Waals surface area contributed by atoms with Gasteiger partial charge in [0.1, 0.15) is 0 Å². The molecule has 144 valence electrons. The number of pyridine rings is 2. The first-order valence-corrected chi connectivity index (χ1v) is 9.85. The second-order valence-corrected chi connectivity index (χ2v) is 7.13. The van der Waals surface area contributed by atoms with Crippen molar-refractivity contribution in [2.75, 3.05) is 0 Å². The van der Waals surface area contributed by atoms with E-state index in [9.17, 15) is 4.79 Å². The number of aryl methyl sites for hydroxylation is 2. The first kappa shape index (κ1) is 19.7. The smallest absolute Gasteiger partial charge is 0.227 e. The molecule has 0 saturated heterocycles. The van der Waals surface area contributed by atoms with E-state index in [0.717, 1.165) is 31.2 Å². The Kier molecular flexibility index (Phi) is 7.30.